The first-order chi connectivity index (χ1) is 7.64. The minimum absolute atomic E-state index is 0.157. The van der Waals surface area contributed by atoms with Crippen LogP contribution in [-0.4, -0.2) is 25.8 Å². The first-order valence-electron chi connectivity index (χ1n) is 5.70. The van der Waals surface area contributed by atoms with Crippen molar-refractivity contribution in [2.24, 2.45) is 0 Å². The maximum atomic E-state index is 5.42. The van der Waals surface area contributed by atoms with Crippen LogP contribution in [0, 0.1) is 0 Å². The predicted molar refractivity (Wildman–Crippen MR) is 69.8 cm³/mol. The van der Waals surface area contributed by atoms with Crippen molar-refractivity contribution < 1.29 is 4.74 Å². The van der Waals surface area contributed by atoms with Crippen LogP contribution in [0.2, 0.25) is 0 Å². The summed E-state index contributed by atoms with van der Waals surface area (Å²) in [5.74, 6) is 0. The zero-order chi connectivity index (χ0) is 11.6. The van der Waals surface area contributed by atoms with Gasteiger partial charge in [-0.3, -0.25) is 0 Å². The van der Waals surface area contributed by atoms with Crippen molar-refractivity contribution in [3.63, 3.8) is 0 Å². The Bertz CT molecular complexity index is 361. The van der Waals surface area contributed by atoms with Crippen LogP contribution in [0.4, 0.5) is 0 Å². The van der Waals surface area contributed by atoms with Crippen molar-refractivity contribution in [3.8, 4) is 0 Å². The topological polar surface area (TPSA) is 21.3 Å². The smallest absolute Gasteiger partial charge is 0.0598 e. The molecule has 0 spiro atoms. The number of halogens is 1. The van der Waals surface area contributed by atoms with Gasteiger partial charge in [0.2, 0.25) is 0 Å². The van der Waals surface area contributed by atoms with Crippen LogP contribution in [0.1, 0.15) is 19.4 Å². The Kier molecular flexibility index (Phi) is 3.67. The van der Waals surface area contributed by atoms with Crippen LogP contribution in [0.25, 0.3) is 0 Å². The molecular formula is C13H18BrNO. The second-order valence-corrected chi connectivity index (χ2v) is 5.64. The third kappa shape index (κ3) is 2.31. The van der Waals surface area contributed by atoms with Gasteiger partial charge in [-0.15, -0.1) is 0 Å². The Morgan fingerprint density at radius 2 is 2.06 bits per heavy atom. The number of ether oxygens (including phenoxy) is 1. The SMILES string of the molecule is CC(C)NCC1(c2ccccc2Br)COC1. The lowest BCUT2D eigenvalue weighted by Gasteiger charge is -2.43. The lowest BCUT2D eigenvalue weighted by Crippen LogP contribution is -2.54. The van der Waals surface area contributed by atoms with Gasteiger partial charge in [-0.2, -0.15) is 0 Å². The van der Waals surface area contributed by atoms with E-state index in [1.54, 1.807) is 0 Å². The fraction of sp³-hybridized carbons (Fsp3) is 0.538. The summed E-state index contributed by atoms with van der Waals surface area (Å²) in [4.78, 5) is 0. The van der Waals surface area contributed by atoms with E-state index < -0.39 is 0 Å². The highest BCUT2D eigenvalue weighted by atomic mass is 79.9. The molecular weight excluding hydrogens is 266 g/mol. The van der Waals surface area contributed by atoms with Crippen molar-refractivity contribution in [2.45, 2.75) is 25.3 Å². The van der Waals surface area contributed by atoms with Crippen LogP contribution in [0.15, 0.2) is 28.7 Å². The molecule has 2 nitrogen and oxygen atoms in total. The molecule has 16 heavy (non-hydrogen) atoms. The fourth-order valence-electron chi connectivity index (χ4n) is 1.99. The highest BCUT2D eigenvalue weighted by molar-refractivity contribution is 9.10. The molecule has 1 N–H and O–H groups in total. The van der Waals surface area contributed by atoms with Gasteiger partial charge in [-0.25, -0.2) is 0 Å². The maximum Gasteiger partial charge on any atom is 0.0598 e. The van der Waals surface area contributed by atoms with E-state index in [-0.39, 0.29) is 5.41 Å². The molecule has 0 amide bonds. The Hall–Kier alpha value is -0.380. The van der Waals surface area contributed by atoms with E-state index in [4.69, 9.17) is 4.74 Å². The summed E-state index contributed by atoms with van der Waals surface area (Å²) in [6, 6.07) is 8.95. The molecule has 0 unspecified atom stereocenters. The van der Waals surface area contributed by atoms with Gasteiger partial charge in [0.05, 0.1) is 18.6 Å². The van der Waals surface area contributed by atoms with E-state index in [1.807, 2.05) is 0 Å². The van der Waals surface area contributed by atoms with E-state index in [9.17, 15) is 0 Å². The first-order valence-corrected chi connectivity index (χ1v) is 6.49. The van der Waals surface area contributed by atoms with Gasteiger partial charge < -0.3 is 10.1 Å². The van der Waals surface area contributed by atoms with Crippen molar-refractivity contribution >= 4 is 15.9 Å². The molecule has 2 rings (SSSR count). The van der Waals surface area contributed by atoms with Gasteiger partial charge in [0.15, 0.2) is 0 Å². The Morgan fingerprint density at radius 1 is 1.38 bits per heavy atom. The molecule has 1 aliphatic rings. The molecule has 0 saturated carbocycles. The lowest BCUT2D eigenvalue weighted by molar-refractivity contribution is -0.0600. The van der Waals surface area contributed by atoms with E-state index in [0.29, 0.717) is 6.04 Å². The van der Waals surface area contributed by atoms with Gasteiger partial charge >= 0.3 is 0 Å². The Balaban J connectivity index is 2.18. The van der Waals surface area contributed by atoms with Crippen molar-refractivity contribution in [2.75, 3.05) is 19.8 Å². The van der Waals surface area contributed by atoms with Gasteiger partial charge in [0.1, 0.15) is 0 Å². The van der Waals surface area contributed by atoms with Gasteiger partial charge in [0.25, 0.3) is 0 Å². The minimum atomic E-state index is 0.157. The quantitative estimate of drug-likeness (QED) is 0.918. The van der Waals surface area contributed by atoms with Crippen LogP contribution in [0.3, 0.4) is 0 Å². The molecule has 0 radical (unpaired) electrons. The average molecular weight is 284 g/mol. The van der Waals surface area contributed by atoms with Gasteiger partial charge in [-0.1, -0.05) is 48.0 Å². The molecule has 1 heterocycles. The molecule has 1 saturated heterocycles. The molecule has 1 aromatic carbocycles. The monoisotopic (exact) mass is 283 g/mol. The normalized spacial score (nSPS) is 18.5. The molecule has 0 aromatic heterocycles. The second-order valence-electron chi connectivity index (χ2n) is 4.79. The highest BCUT2D eigenvalue weighted by Crippen LogP contribution is 2.36. The summed E-state index contributed by atoms with van der Waals surface area (Å²) < 4.78 is 6.60. The number of benzene rings is 1. The van der Waals surface area contributed by atoms with Crippen LogP contribution < -0.4 is 5.32 Å². The Morgan fingerprint density at radius 3 is 2.56 bits per heavy atom. The maximum absolute atomic E-state index is 5.42. The average Bonchev–Trinajstić information content (AvgIpc) is 2.18. The predicted octanol–water partition coefficient (Wildman–Crippen LogP) is 2.72. The minimum Gasteiger partial charge on any atom is -0.379 e. The lowest BCUT2D eigenvalue weighted by atomic mass is 9.78. The standard InChI is InChI=1S/C13H18BrNO/c1-10(2)15-7-13(8-16-9-13)11-5-3-4-6-12(11)14/h3-6,10,15H,7-9H2,1-2H3. The largest absolute Gasteiger partial charge is 0.379 e. The summed E-state index contributed by atoms with van der Waals surface area (Å²) in [5, 5.41) is 3.51. The first kappa shape index (κ1) is 12.1. The third-order valence-electron chi connectivity index (χ3n) is 3.05. The molecule has 0 bridgehead atoms. The third-order valence-corrected chi connectivity index (χ3v) is 3.74. The number of nitrogens with one attached hydrogen (secondary N) is 1. The van der Waals surface area contributed by atoms with E-state index in [2.05, 4.69) is 59.4 Å². The van der Waals surface area contributed by atoms with E-state index in [0.717, 1.165) is 19.8 Å². The zero-order valence-electron chi connectivity index (χ0n) is 9.79. The summed E-state index contributed by atoms with van der Waals surface area (Å²) in [5.41, 5.74) is 1.51. The summed E-state index contributed by atoms with van der Waals surface area (Å²) in [6.07, 6.45) is 0. The second kappa shape index (κ2) is 4.86. The van der Waals surface area contributed by atoms with Crippen LogP contribution in [-0.2, 0) is 10.2 Å². The van der Waals surface area contributed by atoms with Crippen molar-refractivity contribution in [3.05, 3.63) is 34.3 Å². The molecule has 0 atom stereocenters. The zero-order valence-corrected chi connectivity index (χ0v) is 11.4. The van der Waals surface area contributed by atoms with Crippen LogP contribution >= 0.6 is 15.9 Å². The summed E-state index contributed by atoms with van der Waals surface area (Å²) >= 11 is 3.63. The molecule has 1 aliphatic heterocycles. The summed E-state index contributed by atoms with van der Waals surface area (Å²) in [7, 11) is 0. The van der Waals surface area contributed by atoms with Crippen molar-refractivity contribution in [1.82, 2.24) is 5.32 Å². The van der Waals surface area contributed by atoms with Crippen LogP contribution in [0.5, 0.6) is 0 Å². The highest BCUT2D eigenvalue weighted by Gasteiger charge is 2.41. The van der Waals surface area contributed by atoms with Gasteiger partial charge in [-0.05, 0) is 11.6 Å². The number of hydrogen-bond acceptors (Lipinski definition) is 2. The molecule has 1 fully saturated rings. The molecule has 88 valence electrons. The summed E-state index contributed by atoms with van der Waals surface area (Å²) in [6.45, 7) is 6.96. The Labute approximate surface area is 106 Å². The van der Waals surface area contributed by atoms with Gasteiger partial charge in [0, 0.05) is 17.1 Å². The van der Waals surface area contributed by atoms with Crippen molar-refractivity contribution in [1.29, 1.82) is 0 Å². The molecule has 3 heteroatoms. The van der Waals surface area contributed by atoms with E-state index in [1.165, 1.54) is 10.0 Å². The molecule has 0 aliphatic carbocycles. The number of rotatable bonds is 4. The number of hydrogen-bond donors (Lipinski definition) is 1. The van der Waals surface area contributed by atoms with E-state index >= 15 is 0 Å². The fourth-order valence-corrected chi connectivity index (χ4v) is 2.70. The molecule has 1 aromatic rings.